The third-order valence-electron chi connectivity index (χ3n) is 11.0. The molecule has 1 fully saturated rings. The molecule has 0 spiro atoms. The van der Waals surface area contributed by atoms with Crippen molar-refractivity contribution in [2.24, 2.45) is 5.92 Å². The molecule has 3 heterocycles. The van der Waals surface area contributed by atoms with Crippen molar-refractivity contribution in [1.82, 2.24) is 29.5 Å². The van der Waals surface area contributed by atoms with E-state index in [1.807, 2.05) is 63.2 Å². The number of benzene rings is 1. The van der Waals surface area contributed by atoms with Crippen LogP contribution in [0.4, 0.5) is 0 Å². The zero-order valence-electron chi connectivity index (χ0n) is 32.8. The average molecular weight is 751 g/mol. The fourth-order valence-corrected chi connectivity index (χ4v) is 8.60. The largest absolute Gasteiger partial charge is 0.598 e. The summed E-state index contributed by atoms with van der Waals surface area (Å²) in [6.07, 6.45) is 4.88. The van der Waals surface area contributed by atoms with E-state index in [9.17, 15) is 9.66 Å². The van der Waals surface area contributed by atoms with Gasteiger partial charge in [-0.2, -0.15) is 9.78 Å². The molecule has 1 saturated carbocycles. The SMILES string of the molecule is CC(C)(C)[S@@+]([O-])N[C@@](O)(c1cccc(-c2ccc3cnn(-c4nccc(CO[Si](C)(C)C(C)(C)C)n4)c3c2)n1)C1CC(O[Si](C)(C)C(C)(C)C)C1. The molecule has 1 aliphatic carbocycles. The van der Waals surface area contributed by atoms with Crippen molar-refractivity contribution in [3.8, 4) is 17.2 Å². The second-order valence-electron chi connectivity index (χ2n) is 18.1. The molecule has 5 rings (SSSR count). The number of pyridine rings is 1. The van der Waals surface area contributed by atoms with E-state index in [1.165, 1.54) is 0 Å². The first-order valence-electron chi connectivity index (χ1n) is 17.9. The fourth-order valence-electron chi connectivity index (χ4n) is 5.42. The van der Waals surface area contributed by atoms with Gasteiger partial charge in [-0.05, 0) is 94.1 Å². The summed E-state index contributed by atoms with van der Waals surface area (Å²) in [6.45, 7) is 28.4. The number of nitrogens with one attached hydrogen (secondary N) is 1. The molecule has 1 aromatic carbocycles. The van der Waals surface area contributed by atoms with E-state index in [-0.39, 0.29) is 22.1 Å². The molecule has 0 amide bonds. The molecule has 0 radical (unpaired) electrons. The van der Waals surface area contributed by atoms with Gasteiger partial charge in [-0.1, -0.05) is 59.7 Å². The van der Waals surface area contributed by atoms with Crippen molar-refractivity contribution in [3.05, 3.63) is 66.2 Å². The Labute approximate surface area is 309 Å². The molecule has 0 saturated heterocycles. The Hall–Kier alpha value is -2.50. The molecule has 0 aliphatic heterocycles. The summed E-state index contributed by atoms with van der Waals surface area (Å²) >= 11 is -1.55. The van der Waals surface area contributed by atoms with Crippen LogP contribution in [0.25, 0.3) is 28.1 Å². The molecule has 0 bridgehead atoms. The number of rotatable bonds is 11. The standard InChI is InChI=1S/C38H58N6O4SSi2/c1-35(2,3)49(46)43-38(45,28-22-30(23-28)48-51(12,13)37(7,8)9)33-16-14-15-31(42-33)26-17-18-27-24-40-44(32(27)21-26)34-39-20-19-29(41-34)25-47-50(10,11)36(4,5)6/h14-21,24,28,30,43,45H,22-23,25H2,1-13H3/t28?,30?,38-,49+/m0/s1. The summed E-state index contributed by atoms with van der Waals surface area (Å²) in [5.74, 6) is 0.234. The molecule has 0 unspecified atom stereocenters. The summed E-state index contributed by atoms with van der Waals surface area (Å²) in [5.41, 5.74) is 1.96. The molecule has 10 nitrogen and oxygen atoms in total. The molecule has 51 heavy (non-hydrogen) atoms. The van der Waals surface area contributed by atoms with Gasteiger partial charge in [-0.15, -0.1) is 4.72 Å². The summed E-state index contributed by atoms with van der Waals surface area (Å²) in [6, 6.07) is 13.5. The third-order valence-corrected chi connectivity index (χ3v) is 21.7. The van der Waals surface area contributed by atoms with Crippen LogP contribution in [0.1, 0.15) is 86.5 Å². The van der Waals surface area contributed by atoms with Gasteiger partial charge in [0.25, 0.3) is 5.95 Å². The lowest BCUT2D eigenvalue weighted by Gasteiger charge is -2.49. The highest BCUT2D eigenvalue weighted by atomic mass is 32.2. The lowest BCUT2D eigenvalue weighted by atomic mass is 9.74. The van der Waals surface area contributed by atoms with E-state index in [1.54, 1.807) is 17.1 Å². The molecule has 278 valence electrons. The summed E-state index contributed by atoms with van der Waals surface area (Å²) in [4.78, 5) is 14.4. The van der Waals surface area contributed by atoms with Gasteiger partial charge in [0.1, 0.15) is 4.75 Å². The second kappa shape index (κ2) is 14.1. The highest BCUT2D eigenvalue weighted by Gasteiger charge is 2.53. The van der Waals surface area contributed by atoms with Crippen molar-refractivity contribution >= 4 is 38.9 Å². The van der Waals surface area contributed by atoms with Gasteiger partial charge in [-0.3, -0.25) is 0 Å². The van der Waals surface area contributed by atoms with Crippen molar-refractivity contribution in [2.45, 2.75) is 135 Å². The molecule has 2 atom stereocenters. The van der Waals surface area contributed by atoms with Crippen molar-refractivity contribution in [2.75, 3.05) is 0 Å². The summed E-state index contributed by atoms with van der Waals surface area (Å²) in [5, 5.41) is 18.2. The van der Waals surface area contributed by atoms with Gasteiger partial charge < -0.3 is 18.5 Å². The van der Waals surface area contributed by atoms with Crippen LogP contribution in [0.2, 0.25) is 36.3 Å². The highest BCUT2D eigenvalue weighted by Crippen LogP contribution is 2.47. The third kappa shape index (κ3) is 8.51. The van der Waals surface area contributed by atoms with Crippen molar-refractivity contribution in [3.63, 3.8) is 0 Å². The molecule has 1 aliphatic rings. The van der Waals surface area contributed by atoms with E-state index in [2.05, 4.69) is 82.5 Å². The van der Waals surface area contributed by atoms with E-state index in [4.69, 9.17) is 18.8 Å². The first-order chi connectivity index (χ1) is 23.4. The quantitative estimate of drug-likeness (QED) is 0.0882. The number of nitrogens with zero attached hydrogens (tertiary/aromatic N) is 5. The smallest absolute Gasteiger partial charge is 0.251 e. The topological polar surface area (TPSA) is 130 Å². The summed E-state index contributed by atoms with van der Waals surface area (Å²) in [7, 11) is -3.94. The first kappa shape index (κ1) is 39.7. The van der Waals surface area contributed by atoms with E-state index in [0.717, 1.165) is 22.2 Å². The predicted octanol–water partition coefficient (Wildman–Crippen LogP) is 8.40. The van der Waals surface area contributed by atoms with Crippen LogP contribution in [0.5, 0.6) is 0 Å². The molecular formula is C38H58N6O4SSi2. The maximum Gasteiger partial charge on any atom is 0.251 e. The number of hydrogen-bond donors (Lipinski definition) is 2. The zero-order valence-corrected chi connectivity index (χ0v) is 35.6. The molecule has 3 aromatic heterocycles. The van der Waals surface area contributed by atoms with E-state index >= 15 is 0 Å². The van der Waals surface area contributed by atoms with Crippen LogP contribution >= 0.6 is 0 Å². The molecule has 2 N–H and O–H groups in total. The minimum atomic E-state index is -1.99. The van der Waals surface area contributed by atoms with E-state index in [0.29, 0.717) is 36.8 Å². The summed E-state index contributed by atoms with van der Waals surface area (Å²) < 4.78 is 30.9. The van der Waals surface area contributed by atoms with Crippen LogP contribution in [-0.4, -0.2) is 61.9 Å². The number of aliphatic hydroxyl groups is 1. The minimum Gasteiger partial charge on any atom is -0.598 e. The Kier molecular flexibility index (Phi) is 10.9. The lowest BCUT2D eigenvalue weighted by molar-refractivity contribution is -0.109. The van der Waals surface area contributed by atoms with E-state index < -0.39 is 38.5 Å². The van der Waals surface area contributed by atoms with Gasteiger partial charge in [0, 0.05) is 40.5 Å². The molecular weight excluding hydrogens is 693 g/mol. The maximum absolute atomic E-state index is 13.5. The Morgan fingerprint density at radius 1 is 0.922 bits per heavy atom. The molecule has 4 aromatic rings. The Morgan fingerprint density at radius 3 is 2.22 bits per heavy atom. The van der Waals surface area contributed by atoms with Crippen LogP contribution in [0.3, 0.4) is 0 Å². The van der Waals surface area contributed by atoms with Crippen molar-refractivity contribution < 1.29 is 18.5 Å². The Morgan fingerprint density at radius 2 is 1.59 bits per heavy atom. The van der Waals surface area contributed by atoms with Gasteiger partial charge in [-0.25, -0.2) is 15.0 Å². The average Bonchev–Trinajstić information content (AvgIpc) is 3.43. The van der Waals surface area contributed by atoms with Crippen LogP contribution in [-0.2, 0) is 32.5 Å². The predicted molar refractivity (Wildman–Crippen MR) is 212 cm³/mol. The maximum atomic E-state index is 13.5. The normalized spacial score (nSPS) is 19.5. The second-order valence-corrected chi connectivity index (χ2v) is 29.6. The van der Waals surface area contributed by atoms with Crippen LogP contribution in [0, 0.1) is 5.92 Å². The number of fused-ring (bicyclic) bond motifs is 1. The fraction of sp³-hybridized carbons (Fsp3) is 0.579. The number of hydrogen-bond acceptors (Lipinski definition) is 9. The zero-order chi connectivity index (χ0) is 37.8. The highest BCUT2D eigenvalue weighted by molar-refractivity contribution is 7.90. The minimum absolute atomic E-state index is 0.0394. The molecule has 13 heteroatoms. The Balaban J connectivity index is 1.44. The number of aromatic nitrogens is 5. The van der Waals surface area contributed by atoms with Crippen molar-refractivity contribution in [1.29, 1.82) is 0 Å². The van der Waals surface area contributed by atoms with Crippen LogP contribution < -0.4 is 4.72 Å². The van der Waals surface area contributed by atoms with Gasteiger partial charge in [0.15, 0.2) is 16.6 Å². The van der Waals surface area contributed by atoms with Gasteiger partial charge in [0.2, 0.25) is 5.72 Å². The Bertz CT molecular complexity index is 1840. The lowest BCUT2D eigenvalue weighted by Crippen LogP contribution is -2.60. The van der Waals surface area contributed by atoms with Gasteiger partial charge in [0.05, 0.1) is 35.4 Å². The van der Waals surface area contributed by atoms with Gasteiger partial charge >= 0.3 is 0 Å². The first-order valence-corrected chi connectivity index (χ1v) is 24.9. The monoisotopic (exact) mass is 750 g/mol. The van der Waals surface area contributed by atoms with Crippen LogP contribution in [0.15, 0.2) is 54.9 Å².